The molecule has 12 heavy (non-hydrogen) atoms. The molecule has 0 saturated carbocycles. The van der Waals surface area contributed by atoms with Gasteiger partial charge in [0.05, 0.1) is 0 Å². The van der Waals surface area contributed by atoms with Crippen molar-refractivity contribution in [3.05, 3.63) is 0 Å². The second-order valence-corrected chi connectivity index (χ2v) is 3.43. The van der Waals surface area contributed by atoms with Gasteiger partial charge < -0.3 is 0 Å². The maximum absolute atomic E-state index is 11.6. The molecule has 0 atom stereocenters. The molecule has 4 nitrogen and oxygen atoms in total. The Bertz CT molecular complexity index is 234. The molecule has 0 aliphatic carbocycles. The topological polar surface area (TPSA) is 57.6 Å². The van der Waals surface area contributed by atoms with Crippen LogP contribution in [0, 0.1) is 0 Å². The van der Waals surface area contributed by atoms with E-state index < -0.39 is 29.6 Å². The molecule has 0 aromatic carbocycles. The van der Waals surface area contributed by atoms with E-state index >= 15 is 0 Å². The molecule has 0 spiro atoms. The lowest BCUT2D eigenvalue weighted by Crippen LogP contribution is -2.38. The third-order valence-electron chi connectivity index (χ3n) is 1.03. The van der Waals surface area contributed by atoms with E-state index in [-0.39, 0.29) is 4.31 Å². The van der Waals surface area contributed by atoms with Crippen LogP contribution in [0.1, 0.15) is 6.92 Å². The highest BCUT2D eigenvalue weighted by Gasteiger charge is 2.34. The third kappa shape index (κ3) is 4.52. The molecule has 0 aliphatic heterocycles. The highest BCUT2D eigenvalue weighted by atomic mass is 32.2. The van der Waals surface area contributed by atoms with Gasteiger partial charge in [-0.15, -0.1) is 0 Å². The lowest BCUT2D eigenvalue weighted by atomic mass is 10.6. The van der Waals surface area contributed by atoms with Crippen molar-refractivity contribution in [3.63, 3.8) is 0 Å². The summed E-state index contributed by atoms with van der Waals surface area (Å²) < 4.78 is 63.4. The molecule has 0 unspecified atom stereocenters. The zero-order valence-electron chi connectivity index (χ0n) is 6.17. The maximum atomic E-state index is 11.6. The Morgan fingerprint density at radius 1 is 1.42 bits per heavy atom. The van der Waals surface area contributed by atoms with E-state index in [9.17, 15) is 21.6 Å². The number of halogens is 3. The zero-order chi connectivity index (χ0) is 9.99. The van der Waals surface area contributed by atoms with Crippen LogP contribution in [0.25, 0.3) is 0 Å². The van der Waals surface area contributed by atoms with E-state index in [2.05, 4.69) is 0 Å². The van der Waals surface area contributed by atoms with Crippen LogP contribution < -0.4 is 0 Å². The van der Waals surface area contributed by atoms with Crippen molar-refractivity contribution in [2.45, 2.75) is 13.1 Å². The lowest BCUT2D eigenvalue weighted by Gasteiger charge is -2.17. The van der Waals surface area contributed by atoms with Gasteiger partial charge in [-0.1, -0.05) is 6.92 Å². The fourth-order valence-electron chi connectivity index (χ4n) is 0.556. The van der Waals surface area contributed by atoms with Gasteiger partial charge in [0.15, 0.2) is 0 Å². The Labute approximate surface area is 67.9 Å². The molecule has 0 fully saturated rings. The first-order valence-corrected chi connectivity index (χ1v) is 4.36. The van der Waals surface area contributed by atoms with Crippen molar-refractivity contribution in [1.82, 2.24) is 4.31 Å². The number of hydrogen-bond donors (Lipinski definition) is 1. The molecule has 0 bridgehead atoms. The highest BCUT2D eigenvalue weighted by Crippen LogP contribution is 2.17. The normalized spacial score (nSPS) is 13.8. The van der Waals surface area contributed by atoms with E-state index in [1.165, 1.54) is 6.92 Å². The Morgan fingerprint density at radius 3 is 1.92 bits per heavy atom. The predicted octanol–water partition coefficient (Wildman–Crippen LogP) is 0.673. The molecule has 0 aromatic rings. The largest absolute Gasteiger partial charge is 0.402 e. The van der Waals surface area contributed by atoms with Crippen LogP contribution in [-0.4, -0.2) is 36.5 Å². The number of rotatable bonds is 3. The molecule has 0 rings (SSSR count). The zero-order valence-corrected chi connectivity index (χ0v) is 6.98. The predicted molar refractivity (Wildman–Crippen MR) is 34.9 cm³/mol. The van der Waals surface area contributed by atoms with Gasteiger partial charge in [0.25, 0.3) is 0 Å². The monoisotopic (exact) mass is 207 g/mol. The molecular formula is C4H8F3NO3S. The van der Waals surface area contributed by atoms with E-state index in [1.54, 1.807) is 0 Å². The summed E-state index contributed by atoms with van der Waals surface area (Å²) in [6, 6.07) is 0. The lowest BCUT2D eigenvalue weighted by molar-refractivity contribution is -0.136. The minimum Gasteiger partial charge on any atom is -0.273 e. The van der Waals surface area contributed by atoms with Crippen LogP contribution in [-0.2, 0) is 10.3 Å². The standard InChI is InChI=1S/C4H8F3NO3S/c1-2-8(12(9,10)11)3-4(5,6)7/h2-3H2,1H3,(H,9,10,11). The molecule has 0 aliphatic rings. The number of nitrogens with zero attached hydrogens (tertiary/aromatic N) is 1. The van der Waals surface area contributed by atoms with Crippen LogP contribution in [0.5, 0.6) is 0 Å². The van der Waals surface area contributed by atoms with Gasteiger partial charge in [-0.05, 0) is 0 Å². The molecule has 0 amide bonds. The second-order valence-electron chi connectivity index (χ2n) is 2.02. The second kappa shape index (κ2) is 3.58. The minimum absolute atomic E-state index is 0.0764. The van der Waals surface area contributed by atoms with Crippen molar-refractivity contribution in [2.24, 2.45) is 0 Å². The molecule has 0 saturated heterocycles. The van der Waals surface area contributed by atoms with Gasteiger partial charge in [-0.2, -0.15) is 25.9 Å². The first-order valence-electron chi connectivity index (χ1n) is 2.96. The van der Waals surface area contributed by atoms with Crippen LogP contribution in [0.4, 0.5) is 13.2 Å². The summed E-state index contributed by atoms with van der Waals surface area (Å²) >= 11 is 0. The SMILES string of the molecule is CCN(CC(F)(F)F)S(=O)(=O)O. The fraction of sp³-hybridized carbons (Fsp3) is 1.00. The van der Waals surface area contributed by atoms with E-state index in [4.69, 9.17) is 4.55 Å². The number of hydrogen-bond acceptors (Lipinski definition) is 2. The van der Waals surface area contributed by atoms with Crippen LogP contribution >= 0.6 is 0 Å². The van der Waals surface area contributed by atoms with E-state index in [1.807, 2.05) is 0 Å². The molecule has 0 aromatic heterocycles. The summed E-state index contributed by atoms with van der Waals surface area (Å²) in [7, 11) is -4.73. The van der Waals surface area contributed by atoms with Crippen LogP contribution in [0.3, 0.4) is 0 Å². The van der Waals surface area contributed by atoms with Crippen molar-refractivity contribution in [1.29, 1.82) is 0 Å². The van der Waals surface area contributed by atoms with Gasteiger partial charge in [0.2, 0.25) is 0 Å². The molecule has 74 valence electrons. The molecular weight excluding hydrogens is 199 g/mol. The maximum Gasteiger partial charge on any atom is 0.402 e. The summed E-state index contributed by atoms with van der Waals surface area (Å²) in [5.41, 5.74) is 0. The first-order chi connectivity index (χ1) is 5.17. The minimum atomic E-state index is -4.73. The Hall–Kier alpha value is -0.340. The smallest absolute Gasteiger partial charge is 0.273 e. The van der Waals surface area contributed by atoms with E-state index in [0.29, 0.717) is 0 Å². The highest BCUT2D eigenvalue weighted by molar-refractivity contribution is 7.83. The van der Waals surface area contributed by atoms with Crippen molar-refractivity contribution in [2.75, 3.05) is 13.1 Å². The quantitative estimate of drug-likeness (QED) is 0.692. The summed E-state index contributed by atoms with van der Waals surface area (Å²) in [5, 5.41) is 0. The van der Waals surface area contributed by atoms with Gasteiger partial charge in [-0.25, -0.2) is 0 Å². The molecule has 0 radical (unpaired) electrons. The van der Waals surface area contributed by atoms with Crippen LogP contribution in [0.2, 0.25) is 0 Å². The van der Waals surface area contributed by atoms with Crippen LogP contribution in [0.15, 0.2) is 0 Å². The van der Waals surface area contributed by atoms with Crippen molar-refractivity contribution < 1.29 is 26.1 Å². The Morgan fingerprint density at radius 2 is 1.83 bits per heavy atom. The summed E-state index contributed by atoms with van der Waals surface area (Å²) in [4.78, 5) is 0. The fourth-order valence-corrected chi connectivity index (χ4v) is 1.19. The van der Waals surface area contributed by atoms with Gasteiger partial charge >= 0.3 is 16.5 Å². The molecule has 0 heterocycles. The Balaban J connectivity index is 4.41. The average molecular weight is 207 g/mol. The summed E-state index contributed by atoms with van der Waals surface area (Å²) in [5.74, 6) is 0. The molecule has 8 heteroatoms. The van der Waals surface area contributed by atoms with Gasteiger partial charge in [0.1, 0.15) is 6.54 Å². The van der Waals surface area contributed by atoms with Crippen molar-refractivity contribution in [3.8, 4) is 0 Å². The Kier molecular flexibility index (Phi) is 3.48. The number of alkyl halides is 3. The van der Waals surface area contributed by atoms with Crippen molar-refractivity contribution >= 4 is 10.3 Å². The summed E-state index contributed by atoms with van der Waals surface area (Å²) in [6.45, 7) is -0.889. The van der Waals surface area contributed by atoms with Gasteiger partial charge in [0, 0.05) is 6.54 Å². The third-order valence-corrected chi connectivity index (χ3v) is 2.07. The summed E-state index contributed by atoms with van der Waals surface area (Å²) in [6.07, 6.45) is -4.63. The average Bonchev–Trinajstić information content (AvgIpc) is 1.78. The van der Waals surface area contributed by atoms with Gasteiger partial charge in [-0.3, -0.25) is 4.55 Å². The van der Waals surface area contributed by atoms with E-state index in [0.717, 1.165) is 0 Å². The molecule has 1 N–H and O–H groups in total. The first kappa shape index (κ1) is 11.7.